The van der Waals surface area contributed by atoms with Crippen LogP contribution in [0.1, 0.15) is 25.8 Å². The Hall–Kier alpha value is -1.84. The predicted molar refractivity (Wildman–Crippen MR) is 67.9 cm³/mol. The topological polar surface area (TPSA) is 51.0 Å². The molecular formula is C13H17N3O. The fraction of sp³-hybridized carbons (Fsp3) is 0.385. The summed E-state index contributed by atoms with van der Waals surface area (Å²) in [5, 5.41) is 3.27. The zero-order valence-electron chi connectivity index (χ0n) is 10.2. The van der Waals surface area contributed by atoms with E-state index in [9.17, 15) is 0 Å². The molecule has 2 aromatic heterocycles. The Kier molecular flexibility index (Phi) is 3.75. The summed E-state index contributed by atoms with van der Waals surface area (Å²) in [4.78, 5) is 8.63. The highest BCUT2D eigenvalue weighted by molar-refractivity contribution is 5.64. The number of hydrogen-bond acceptors (Lipinski definition) is 4. The maximum atomic E-state index is 5.42. The fourth-order valence-corrected chi connectivity index (χ4v) is 1.84. The molecule has 4 heteroatoms. The van der Waals surface area contributed by atoms with Gasteiger partial charge in [-0.3, -0.25) is 0 Å². The number of nitrogens with zero attached hydrogens (tertiary/aromatic N) is 2. The summed E-state index contributed by atoms with van der Waals surface area (Å²) in [6.07, 6.45) is 5.24. The van der Waals surface area contributed by atoms with Gasteiger partial charge in [0.1, 0.15) is 17.8 Å². The first-order valence-corrected chi connectivity index (χ1v) is 5.98. The molecule has 90 valence electrons. The minimum absolute atomic E-state index is 0.801. The molecule has 17 heavy (non-hydrogen) atoms. The largest absolute Gasteiger partial charge is 0.463 e. The summed E-state index contributed by atoms with van der Waals surface area (Å²) in [5.41, 5.74) is 2.02. The van der Waals surface area contributed by atoms with Crippen LogP contribution in [-0.4, -0.2) is 16.5 Å². The molecule has 1 N–H and O–H groups in total. The molecule has 0 aliphatic carbocycles. The van der Waals surface area contributed by atoms with Gasteiger partial charge in [0, 0.05) is 12.1 Å². The normalized spacial score (nSPS) is 10.5. The number of aromatic nitrogens is 2. The lowest BCUT2D eigenvalue weighted by molar-refractivity contribution is 0.578. The minimum Gasteiger partial charge on any atom is -0.463 e. The molecule has 0 unspecified atom stereocenters. The number of furan rings is 1. The molecule has 4 nitrogen and oxygen atoms in total. The van der Waals surface area contributed by atoms with E-state index < -0.39 is 0 Å². The van der Waals surface area contributed by atoms with Crippen molar-refractivity contribution in [2.45, 2.75) is 26.7 Å². The van der Waals surface area contributed by atoms with Gasteiger partial charge in [-0.15, -0.1) is 0 Å². The summed E-state index contributed by atoms with van der Waals surface area (Å²) < 4.78 is 5.42. The Morgan fingerprint density at radius 1 is 1.29 bits per heavy atom. The van der Waals surface area contributed by atoms with Crippen molar-refractivity contribution in [3.63, 3.8) is 0 Å². The van der Waals surface area contributed by atoms with Gasteiger partial charge in [-0.1, -0.05) is 13.3 Å². The Labute approximate surface area is 101 Å². The van der Waals surface area contributed by atoms with Crippen LogP contribution >= 0.6 is 0 Å². The average molecular weight is 231 g/mol. The molecule has 0 bridgehead atoms. The van der Waals surface area contributed by atoms with Crippen molar-refractivity contribution in [2.75, 3.05) is 11.9 Å². The van der Waals surface area contributed by atoms with E-state index in [-0.39, 0.29) is 0 Å². The van der Waals surface area contributed by atoms with Gasteiger partial charge in [-0.2, -0.15) is 0 Å². The summed E-state index contributed by atoms with van der Waals surface area (Å²) in [6, 6.07) is 3.80. The number of rotatable bonds is 5. The minimum atomic E-state index is 0.801. The third-order valence-electron chi connectivity index (χ3n) is 2.54. The number of hydrogen-bond donors (Lipinski definition) is 1. The smallest absolute Gasteiger partial charge is 0.152 e. The molecule has 0 radical (unpaired) electrons. The molecule has 0 fully saturated rings. The van der Waals surface area contributed by atoms with Crippen molar-refractivity contribution < 1.29 is 4.42 Å². The van der Waals surface area contributed by atoms with Gasteiger partial charge in [0.05, 0.1) is 6.26 Å². The van der Waals surface area contributed by atoms with E-state index in [1.165, 1.54) is 0 Å². The maximum absolute atomic E-state index is 5.42. The number of anilines is 1. The number of nitrogens with one attached hydrogen (secondary N) is 1. The third kappa shape index (κ3) is 2.46. The maximum Gasteiger partial charge on any atom is 0.152 e. The van der Waals surface area contributed by atoms with Crippen molar-refractivity contribution in [2.24, 2.45) is 0 Å². The lowest BCUT2D eigenvalue weighted by atomic mass is 10.1. The van der Waals surface area contributed by atoms with Gasteiger partial charge in [-0.25, -0.2) is 9.97 Å². The van der Waals surface area contributed by atoms with Crippen LogP contribution in [0.4, 0.5) is 5.82 Å². The molecule has 0 saturated carbocycles. The van der Waals surface area contributed by atoms with Crippen LogP contribution in [0.2, 0.25) is 0 Å². The predicted octanol–water partition coefficient (Wildman–Crippen LogP) is 3.12. The first kappa shape index (κ1) is 11.6. The van der Waals surface area contributed by atoms with E-state index >= 15 is 0 Å². The van der Waals surface area contributed by atoms with E-state index in [2.05, 4.69) is 29.1 Å². The van der Waals surface area contributed by atoms with Crippen molar-refractivity contribution >= 4 is 5.82 Å². The lowest BCUT2D eigenvalue weighted by Crippen LogP contribution is -2.06. The van der Waals surface area contributed by atoms with Crippen LogP contribution in [0, 0.1) is 0 Å². The molecule has 2 rings (SSSR count). The van der Waals surface area contributed by atoms with E-state index in [4.69, 9.17) is 4.42 Å². The molecule has 0 aliphatic rings. The standard InChI is InChI=1S/C13H17N3O/c1-3-6-10-12(11-7-5-8-17-11)15-9-16-13(10)14-4-2/h5,7-9H,3-4,6H2,1-2H3,(H,14,15,16). The Morgan fingerprint density at radius 3 is 2.82 bits per heavy atom. The molecular weight excluding hydrogens is 214 g/mol. The molecule has 0 spiro atoms. The Balaban J connectivity index is 2.46. The molecule has 0 saturated heterocycles. The van der Waals surface area contributed by atoms with Gasteiger partial charge in [0.15, 0.2) is 5.76 Å². The van der Waals surface area contributed by atoms with Crippen molar-refractivity contribution in [1.82, 2.24) is 9.97 Å². The van der Waals surface area contributed by atoms with Gasteiger partial charge in [0.2, 0.25) is 0 Å². The lowest BCUT2D eigenvalue weighted by Gasteiger charge is -2.11. The second-order valence-electron chi connectivity index (χ2n) is 3.81. The van der Waals surface area contributed by atoms with Crippen molar-refractivity contribution in [3.8, 4) is 11.5 Å². The van der Waals surface area contributed by atoms with Crippen LogP contribution in [0.25, 0.3) is 11.5 Å². The monoisotopic (exact) mass is 231 g/mol. The highest BCUT2D eigenvalue weighted by Crippen LogP contribution is 2.26. The van der Waals surface area contributed by atoms with Crippen molar-refractivity contribution in [1.29, 1.82) is 0 Å². The zero-order valence-corrected chi connectivity index (χ0v) is 10.2. The fourth-order valence-electron chi connectivity index (χ4n) is 1.84. The zero-order chi connectivity index (χ0) is 12.1. The highest BCUT2D eigenvalue weighted by atomic mass is 16.3. The van der Waals surface area contributed by atoms with E-state index in [0.717, 1.165) is 42.2 Å². The summed E-state index contributed by atoms with van der Waals surface area (Å²) in [7, 11) is 0. The Morgan fingerprint density at radius 2 is 2.18 bits per heavy atom. The van der Waals surface area contributed by atoms with Gasteiger partial charge in [0.25, 0.3) is 0 Å². The van der Waals surface area contributed by atoms with E-state index in [1.807, 2.05) is 12.1 Å². The van der Waals surface area contributed by atoms with Crippen LogP contribution in [-0.2, 0) is 6.42 Å². The second-order valence-corrected chi connectivity index (χ2v) is 3.81. The Bertz CT molecular complexity index is 466. The van der Waals surface area contributed by atoms with Crippen LogP contribution in [0.5, 0.6) is 0 Å². The second kappa shape index (κ2) is 5.48. The third-order valence-corrected chi connectivity index (χ3v) is 2.54. The highest BCUT2D eigenvalue weighted by Gasteiger charge is 2.13. The summed E-state index contributed by atoms with van der Waals surface area (Å²) in [5.74, 6) is 1.71. The first-order valence-electron chi connectivity index (χ1n) is 5.98. The molecule has 0 aliphatic heterocycles. The van der Waals surface area contributed by atoms with Crippen molar-refractivity contribution in [3.05, 3.63) is 30.3 Å². The van der Waals surface area contributed by atoms with Crippen LogP contribution in [0.3, 0.4) is 0 Å². The molecule has 0 atom stereocenters. The van der Waals surface area contributed by atoms with Gasteiger partial charge < -0.3 is 9.73 Å². The average Bonchev–Trinajstić information content (AvgIpc) is 2.85. The molecule has 2 aromatic rings. The SMILES string of the molecule is CCCc1c(NCC)ncnc1-c1ccco1. The molecule has 2 heterocycles. The molecule has 0 aromatic carbocycles. The summed E-state index contributed by atoms with van der Waals surface area (Å²) in [6.45, 7) is 5.06. The van der Waals surface area contributed by atoms with E-state index in [1.54, 1.807) is 12.6 Å². The molecule has 0 amide bonds. The quantitative estimate of drug-likeness (QED) is 0.859. The van der Waals surface area contributed by atoms with Gasteiger partial charge >= 0.3 is 0 Å². The van der Waals surface area contributed by atoms with Crippen LogP contribution < -0.4 is 5.32 Å². The van der Waals surface area contributed by atoms with E-state index in [0.29, 0.717) is 0 Å². The van der Waals surface area contributed by atoms with Gasteiger partial charge in [-0.05, 0) is 25.5 Å². The first-order chi connectivity index (χ1) is 8.36. The summed E-state index contributed by atoms with van der Waals surface area (Å²) >= 11 is 0. The van der Waals surface area contributed by atoms with Crippen LogP contribution in [0.15, 0.2) is 29.1 Å².